The zero-order valence-corrected chi connectivity index (χ0v) is 13.7. The van der Waals surface area contributed by atoms with Crippen LogP contribution in [-0.2, 0) is 6.42 Å². The van der Waals surface area contributed by atoms with Crippen LogP contribution in [0.2, 0.25) is 0 Å². The minimum Gasteiger partial charge on any atom is -0.317 e. The lowest BCUT2D eigenvalue weighted by Crippen LogP contribution is -2.45. The van der Waals surface area contributed by atoms with Gasteiger partial charge in [0.15, 0.2) is 0 Å². The van der Waals surface area contributed by atoms with E-state index in [4.69, 9.17) is 0 Å². The molecule has 108 valence electrons. The maximum atomic E-state index is 3.59. The second-order valence-electron chi connectivity index (χ2n) is 6.99. The fourth-order valence-electron chi connectivity index (χ4n) is 3.72. The van der Waals surface area contributed by atoms with Gasteiger partial charge in [0.25, 0.3) is 0 Å². The minimum absolute atomic E-state index is 0.442. The lowest BCUT2D eigenvalue weighted by molar-refractivity contribution is 0.0908. The molecule has 3 unspecified atom stereocenters. The summed E-state index contributed by atoms with van der Waals surface area (Å²) in [5.74, 6) is 1.72. The van der Waals surface area contributed by atoms with Crippen LogP contribution in [0.15, 0.2) is 17.5 Å². The highest BCUT2D eigenvalue weighted by Gasteiger charge is 2.37. The first-order valence-electron chi connectivity index (χ1n) is 7.72. The Morgan fingerprint density at radius 3 is 2.79 bits per heavy atom. The van der Waals surface area contributed by atoms with Gasteiger partial charge in [-0.2, -0.15) is 0 Å². The van der Waals surface area contributed by atoms with Gasteiger partial charge in [0.05, 0.1) is 0 Å². The lowest BCUT2D eigenvalue weighted by Gasteiger charge is -2.44. The van der Waals surface area contributed by atoms with Crippen LogP contribution in [0, 0.1) is 17.3 Å². The number of nitrogens with one attached hydrogen (secondary N) is 1. The van der Waals surface area contributed by atoms with E-state index in [2.05, 4.69) is 50.6 Å². The van der Waals surface area contributed by atoms with E-state index in [1.54, 1.807) is 4.88 Å². The van der Waals surface area contributed by atoms with Crippen molar-refractivity contribution in [3.05, 3.63) is 22.4 Å². The van der Waals surface area contributed by atoms with Crippen LogP contribution >= 0.6 is 11.3 Å². The minimum atomic E-state index is 0.442. The molecule has 2 heteroatoms. The number of hydrogen-bond acceptors (Lipinski definition) is 2. The zero-order valence-electron chi connectivity index (χ0n) is 12.9. The largest absolute Gasteiger partial charge is 0.317 e. The third-order valence-corrected chi connectivity index (χ3v) is 6.02. The molecule has 1 aromatic rings. The first kappa shape index (κ1) is 15.1. The standard InChI is InChI=1S/C17H29NS/c1-13-7-8-15(16(12-13)18-4)17(2,3)10-9-14-6-5-11-19-14/h5-6,11,13,15-16,18H,7-10,12H2,1-4H3. The van der Waals surface area contributed by atoms with Gasteiger partial charge >= 0.3 is 0 Å². The maximum absolute atomic E-state index is 3.59. The third-order valence-electron chi connectivity index (χ3n) is 5.08. The quantitative estimate of drug-likeness (QED) is 0.821. The van der Waals surface area contributed by atoms with Gasteiger partial charge in [-0.25, -0.2) is 0 Å². The van der Waals surface area contributed by atoms with Crippen molar-refractivity contribution in [2.45, 2.75) is 58.9 Å². The van der Waals surface area contributed by atoms with E-state index >= 15 is 0 Å². The number of thiophene rings is 1. The molecule has 19 heavy (non-hydrogen) atoms. The monoisotopic (exact) mass is 279 g/mol. The third kappa shape index (κ3) is 3.82. The molecule has 3 atom stereocenters. The predicted octanol–water partition coefficient (Wildman–Crippen LogP) is 4.73. The molecule has 1 saturated carbocycles. The first-order valence-corrected chi connectivity index (χ1v) is 8.60. The lowest BCUT2D eigenvalue weighted by atomic mass is 9.64. The van der Waals surface area contributed by atoms with Crippen LogP contribution in [0.5, 0.6) is 0 Å². The Morgan fingerprint density at radius 1 is 1.37 bits per heavy atom. The second kappa shape index (κ2) is 6.41. The molecule has 0 amide bonds. The average molecular weight is 279 g/mol. The fraction of sp³-hybridized carbons (Fsp3) is 0.765. The highest BCUT2D eigenvalue weighted by molar-refractivity contribution is 7.09. The molecule has 0 saturated heterocycles. The molecule has 1 aliphatic rings. The van der Waals surface area contributed by atoms with Crippen molar-refractivity contribution >= 4 is 11.3 Å². The van der Waals surface area contributed by atoms with E-state index < -0.39 is 0 Å². The SMILES string of the molecule is CNC1CC(C)CCC1C(C)(C)CCc1cccs1. The summed E-state index contributed by atoms with van der Waals surface area (Å²) < 4.78 is 0. The van der Waals surface area contributed by atoms with E-state index in [-0.39, 0.29) is 0 Å². The normalized spacial score (nSPS) is 28.5. The van der Waals surface area contributed by atoms with Crippen molar-refractivity contribution in [3.63, 3.8) is 0 Å². The number of rotatable bonds is 5. The summed E-state index contributed by atoms with van der Waals surface area (Å²) in [6.07, 6.45) is 6.71. The fourth-order valence-corrected chi connectivity index (χ4v) is 4.43. The molecule has 1 aliphatic carbocycles. The summed E-state index contributed by atoms with van der Waals surface area (Å²) in [5.41, 5.74) is 0.442. The highest BCUT2D eigenvalue weighted by Crippen LogP contribution is 2.43. The summed E-state index contributed by atoms with van der Waals surface area (Å²) >= 11 is 1.90. The summed E-state index contributed by atoms with van der Waals surface area (Å²) in [6.45, 7) is 7.36. The smallest absolute Gasteiger partial charge is 0.00999 e. The molecule has 1 heterocycles. The second-order valence-corrected chi connectivity index (χ2v) is 8.02. The Hall–Kier alpha value is -0.340. The Morgan fingerprint density at radius 2 is 2.16 bits per heavy atom. The van der Waals surface area contributed by atoms with Crippen molar-refractivity contribution in [1.29, 1.82) is 0 Å². The van der Waals surface area contributed by atoms with Crippen LogP contribution in [-0.4, -0.2) is 13.1 Å². The Labute approximate surface area is 122 Å². The first-order chi connectivity index (χ1) is 9.03. The summed E-state index contributed by atoms with van der Waals surface area (Å²) in [7, 11) is 2.14. The Balaban J connectivity index is 1.96. The molecule has 0 bridgehead atoms. The molecular weight excluding hydrogens is 250 g/mol. The van der Waals surface area contributed by atoms with Gasteiger partial charge in [-0.15, -0.1) is 11.3 Å². The Kier molecular flexibility index (Phi) is 5.08. The summed E-state index contributed by atoms with van der Waals surface area (Å²) in [4.78, 5) is 1.54. The van der Waals surface area contributed by atoms with Gasteiger partial charge in [0.2, 0.25) is 0 Å². The van der Waals surface area contributed by atoms with Crippen LogP contribution in [0.3, 0.4) is 0 Å². The van der Waals surface area contributed by atoms with Crippen LogP contribution in [0.25, 0.3) is 0 Å². The Bertz CT molecular complexity index is 369. The van der Waals surface area contributed by atoms with Crippen LogP contribution in [0.4, 0.5) is 0 Å². The van der Waals surface area contributed by atoms with E-state index in [9.17, 15) is 0 Å². The predicted molar refractivity (Wildman–Crippen MR) is 85.8 cm³/mol. The molecule has 0 spiro atoms. The van der Waals surface area contributed by atoms with E-state index in [0.29, 0.717) is 11.5 Å². The van der Waals surface area contributed by atoms with Gasteiger partial charge in [0.1, 0.15) is 0 Å². The van der Waals surface area contributed by atoms with Crippen molar-refractivity contribution in [2.24, 2.45) is 17.3 Å². The van der Waals surface area contributed by atoms with Crippen LogP contribution in [0.1, 0.15) is 51.3 Å². The van der Waals surface area contributed by atoms with E-state index in [1.165, 1.54) is 32.1 Å². The van der Waals surface area contributed by atoms with Crippen molar-refractivity contribution in [1.82, 2.24) is 5.32 Å². The van der Waals surface area contributed by atoms with Gasteiger partial charge < -0.3 is 5.32 Å². The maximum Gasteiger partial charge on any atom is 0.00999 e. The highest BCUT2D eigenvalue weighted by atomic mass is 32.1. The molecule has 1 aromatic heterocycles. The molecule has 0 radical (unpaired) electrons. The van der Waals surface area contributed by atoms with Crippen molar-refractivity contribution < 1.29 is 0 Å². The molecule has 1 N–H and O–H groups in total. The van der Waals surface area contributed by atoms with Crippen molar-refractivity contribution in [2.75, 3.05) is 7.05 Å². The zero-order chi connectivity index (χ0) is 13.9. The molecule has 2 rings (SSSR count). The molecular formula is C17H29NS. The van der Waals surface area contributed by atoms with Gasteiger partial charge in [0, 0.05) is 10.9 Å². The van der Waals surface area contributed by atoms with Gasteiger partial charge in [-0.1, -0.05) is 33.3 Å². The van der Waals surface area contributed by atoms with Crippen molar-refractivity contribution in [3.8, 4) is 0 Å². The molecule has 0 aromatic carbocycles. The van der Waals surface area contributed by atoms with E-state index in [0.717, 1.165) is 11.8 Å². The van der Waals surface area contributed by atoms with Gasteiger partial charge in [-0.05, 0) is 61.4 Å². The number of hydrogen-bond donors (Lipinski definition) is 1. The number of aryl methyl sites for hydroxylation is 1. The molecule has 1 fully saturated rings. The topological polar surface area (TPSA) is 12.0 Å². The molecule has 1 nitrogen and oxygen atoms in total. The summed E-state index contributed by atoms with van der Waals surface area (Å²) in [5, 5.41) is 5.78. The van der Waals surface area contributed by atoms with Gasteiger partial charge in [-0.3, -0.25) is 0 Å². The van der Waals surface area contributed by atoms with Crippen LogP contribution < -0.4 is 5.32 Å². The molecule has 0 aliphatic heterocycles. The van der Waals surface area contributed by atoms with E-state index in [1.807, 2.05) is 11.3 Å². The average Bonchev–Trinajstić information content (AvgIpc) is 2.89. The summed E-state index contributed by atoms with van der Waals surface area (Å²) in [6, 6.07) is 5.16.